The van der Waals surface area contributed by atoms with Crippen LogP contribution in [0.1, 0.15) is 27.9 Å². The number of alkyl halides is 6. The van der Waals surface area contributed by atoms with E-state index in [1.54, 1.807) is 18.2 Å². The maximum Gasteiger partial charge on any atom is 0.435 e. The standard InChI is InChI=1S/C18H11F6N3O/c19-17(20,21)11-2-4-14-12(16(18(22,23)24)26-27(14)8-11)6-9-1-3-13-10(5-9)7-15(28)25-13/h1-5,8H,6-7H2,(H,25,28). The number of amides is 1. The van der Waals surface area contributed by atoms with Gasteiger partial charge in [0.2, 0.25) is 5.91 Å². The maximum atomic E-state index is 13.4. The lowest BCUT2D eigenvalue weighted by Gasteiger charge is -2.09. The summed E-state index contributed by atoms with van der Waals surface area (Å²) in [6.45, 7) is 0. The Morgan fingerprint density at radius 1 is 1.04 bits per heavy atom. The number of pyridine rings is 1. The highest BCUT2D eigenvalue weighted by atomic mass is 19.4. The number of fused-ring (bicyclic) bond motifs is 2. The van der Waals surface area contributed by atoms with Gasteiger partial charge in [0.05, 0.1) is 17.5 Å². The second kappa shape index (κ2) is 5.98. The Balaban J connectivity index is 1.81. The van der Waals surface area contributed by atoms with Crippen molar-refractivity contribution in [1.29, 1.82) is 0 Å². The van der Waals surface area contributed by atoms with Gasteiger partial charge in [-0.05, 0) is 29.3 Å². The Kier molecular flexibility index (Phi) is 3.91. The van der Waals surface area contributed by atoms with Gasteiger partial charge in [-0.25, -0.2) is 4.52 Å². The Labute approximate surface area is 153 Å². The molecule has 0 saturated carbocycles. The fraction of sp³-hybridized carbons (Fsp3) is 0.222. The lowest BCUT2D eigenvalue weighted by Crippen LogP contribution is -2.09. The number of aromatic nitrogens is 2. The number of rotatable bonds is 2. The molecule has 28 heavy (non-hydrogen) atoms. The van der Waals surface area contributed by atoms with Crippen molar-refractivity contribution in [2.24, 2.45) is 0 Å². The van der Waals surface area contributed by atoms with E-state index in [-0.39, 0.29) is 29.8 Å². The first-order valence-corrected chi connectivity index (χ1v) is 8.10. The molecule has 1 N–H and O–H groups in total. The number of anilines is 1. The summed E-state index contributed by atoms with van der Waals surface area (Å²) >= 11 is 0. The van der Waals surface area contributed by atoms with Gasteiger partial charge in [0.25, 0.3) is 0 Å². The maximum absolute atomic E-state index is 13.4. The van der Waals surface area contributed by atoms with Gasteiger partial charge in [-0.3, -0.25) is 4.79 Å². The molecule has 3 aromatic rings. The molecule has 4 nitrogen and oxygen atoms in total. The third-order valence-electron chi connectivity index (χ3n) is 4.50. The highest BCUT2D eigenvalue weighted by Gasteiger charge is 2.39. The minimum Gasteiger partial charge on any atom is -0.326 e. The predicted molar refractivity (Wildman–Crippen MR) is 86.8 cm³/mol. The molecule has 0 radical (unpaired) electrons. The van der Waals surface area contributed by atoms with Crippen molar-refractivity contribution in [3.05, 3.63) is 64.5 Å². The number of hydrogen-bond acceptors (Lipinski definition) is 2. The van der Waals surface area contributed by atoms with Crippen LogP contribution in [0.4, 0.5) is 32.0 Å². The molecule has 2 aromatic heterocycles. The van der Waals surface area contributed by atoms with Crippen LogP contribution in [0.3, 0.4) is 0 Å². The van der Waals surface area contributed by atoms with E-state index >= 15 is 0 Å². The molecular formula is C18H11F6N3O. The number of hydrogen-bond donors (Lipinski definition) is 1. The first-order valence-electron chi connectivity index (χ1n) is 8.10. The predicted octanol–water partition coefficient (Wildman–Crippen LogP) is 4.46. The summed E-state index contributed by atoms with van der Waals surface area (Å²) in [5.74, 6) is -0.209. The normalized spacial score (nSPS) is 14.4. The van der Waals surface area contributed by atoms with E-state index in [0.717, 1.165) is 12.1 Å². The van der Waals surface area contributed by atoms with Gasteiger partial charge < -0.3 is 5.32 Å². The van der Waals surface area contributed by atoms with Gasteiger partial charge in [0, 0.05) is 23.9 Å². The van der Waals surface area contributed by atoms with Gasteiger partial charge in [-0.15, -0.1) is 0 Å². The van der Waals surface area contributed by atoms with Crippen LogP contribution in [0.5, 0.6) is 0 Å². The van der Waals surface area contributed by atoms with Crippen LogP contribution < -0.4 is 5.32 Å². The van der Waals surface area contributed by atoms with E-state index in [4.69, 9.17) is 0 Å². The van der Waals surface area contributed by atoms with Crippen LogP contribution in [0.2, 0.25) is 0 Å². The van der Waals surface area contributed by atoms with Gasteiger partial charge in [-0.1, -0.05) is 12.1 Å². The molecule has 0 unspecified atom stereocenters. The molecule has 3 heterocycles. The quantitative estimate of drug-likeness (QED) is 0.647. The number of carbonyl (C=O) groups excluding carboxylic acids is 1. The molecule has 0 fully saturated rings. The second-order valence-electron chi connectivity index (χ2n) is 6.46. The summed E-state index contributed by atoms with van der Waals surface area (Å²) in [4.78, 5) is 11.4. The molecule has 0 bridgehead atoms. The van der Waals surface area contributed by atoms with Crippen LogP contribution in [0, 0.1) is 0 Å². The summed E-state index contributed by atoms with van der Waals surface area (Å²) in [5.41, 5.74) is -0.859. The molecule has 0 saturated heterocycles. The minimum atomic E-state index is -4.83. The Bertz CT molecular complexity index is 1100. The third kappa shape index (κ3) is 3.19. The molecule has 10 heteroatoms. The van der Waals surface area contributed by atoms with Crippen molar-refractivity contribution in [3.63, 3.8) is 0 Å². The fourth-order valence-corrected chi connectivity index (χ4v) is 3.27. The first-order chi connectivity index (χ1) is 13.0. The average molecular weight is 399 g/mol. The van der Waals surface area contributed by atoms with Crippen LogP contribution in [0.15, 0.2) is 36.5 Å². The number of carbonyl (C=O) groups is 1. The molecule has 1 aliphatic rings. The van der Waals surface area contributed by atoms with E-state index in [1.807, 2.05) is 0 Å². The van der Waals surface area contributed by atoms with E-state index in [2.05, 4.69) is 10.4 Å². The molecule has 1 amide bonds. The lowest BCUT2D eigenvalue weighted by atomic mass is 10.00. The van der Waals surface area contributed by atoms with Gasteiger partial charge in [0.15, 0.2) is 5.69 Å². The Morgan fingerprint density at radius 3 is 2.46 bits per heavy atom. The smallest absolute Gasteiger partial charge is 0.326 e. The summed E-state index contributed by atoms with van der Waals surface area (Å²) in [6, 6.07) is 6.49. The zero-order valence-corrected chi connectivity index (χ0v) is 13.9. The highest BCUT2D eigenvalue weighted by Crippen LogP contribution is 2.36. The summed E-state index contributed by atoms with van der Waals surface area (Å²) in [7, 11) is 0. The average Bonchev–Trinajstić information content (AvgIpc) is 3.13. The van der Waals surface area contributed by atoms with Crippen molar-refractivity contribution in [2.45, 2.75) is 25.2 Å². The van der Waals surface area contributed by atoms with E-state index in [0.29, 0.717) is 27.5 Å². The van der Waals surface area contributed by atoms with Gasteiger partial charge in [0.1, 0.15) is 0 Å². The van der Waals surface area contributed by atoms with E-state index in [9.17, 15) is 31.1 Å². The van der Waals surface area contributed by atoms with Crippen molar-refractivity contribution in [1.82, 2.24) is 9.61 Å². The summed E-state index contributed by atoms with van der Waals surface area (Å²) < 4.78 is 79.5. The van der Waals surface area contributed by atoms with Crippen molar-refractivity contribution in [2.75, 3.05) is 5.32 Å². The second-order valence-corrected chi connectivity index (χ2v) is 6.46. The van der Waals surface area contributed by atoms with Gasteiger partial charge >= 0.3 is 12.4 Å². The molecule has 1 aliphatic heterocycles. The Hall–Kier alpha value is -3.04. The van der Waals surface area contributed by atoms with E-state index < -0.39 is 23.6 Å². The number of benzene rings is 1. The van der Waals surface area contributed by atoms with Crippen LogP contribution in [0.25, 0.3) is 5.52 Å². The number of nitrogens with one attached hydrogen (secondary N) is 1. The molecule has 4 rings (SSSR count). The van der Waals surface area contributed by atoms with Crippen LogP contribution in [-0.2, 0) is 30.0 Å². The highest BCUT2D eigenvalue weighted by molar-refractivity contribution is 5.99. The SMILES string of the molecule is O=C1Cc2cc(Cc3c(C(F)(F)F)nn4cc(C(F)(F)F)ccc34)ccc2N1. The number of halogens is 6. The summed E-state index contributed by atoms with van der Waals surface area (Å²) in [6.07, 6.45) is -9.05. The van der Waals surface area contributed by atoms with Gasteiger partial charge in [-0.2, -0.15) is 31.4 Å². The van der Waals surface area contributed by atoms with Crippen LogP contribution >= 0.6 is 0 Å². The first kappa shape index (κ1) is 18.3. The minimum absolute atomic E-state index is 0.0602. The lowest BCUT2D eigenvalue weighted by molar-refractivity contribution is -0.141. The third-order valence-corrected chi connectivity index (χ3v) is 4.50. The number of nitrogens with zero attached hydrogens (tertiary/aromatic N) is 2. The fourth-order valence-electron chi connectivity index (χ4n) is 3.27. The topological polar surface area (TPSA) is 46.4 Å². The summed E-state index contributed by atoms with van der Waals surface area (Å²) in [5, 5.41) is 5.99. The van der Waals surface area contributed by atoms with Crippen molar-refractivity contribution < 1.29 is 31.1 Å². The van der Waals surface area contributed by atoms with Crippen LogP contribution in [-0.4, -0.2) is 15.5 Å². The van der Waals surface area contributed by atoms with Crippen molar-refractivity contribution in [3.8, 4) is 0 Å². The largest absolute Gasteiger partial charge is 0.435 e. The van der Waals surface area contributed by atoms with E-state index in [1.165, 1.54) is 0 Å². The molecular weight excluding hydrogens is 388 g/mol. The molecule has 146 valence electrons. The zero-order valence-electron chi connectivity index (χ0n) is 13.9. The molecule has 1 aromatic carbocycles. The zero-order chi connectivity index (χ0) is 20.3. The van der Waals surface area contributed by atoms with Crippen molar-refractivity contribution >= 4 is 17.1 Å². The molecule has 0 atom stereocenters. The molecule has 0 spiro atoms. The monoisotopic (exact) mass is 399 g/mol. The Morgan fingerprint density at radius 2 is 1.79 bits per heavy atom. The molecule has 0 aliphatic carbocycles.